The van der Waals surface area contributed by atoms with Crippen LogP contribution < -0.4 is 10.6 Å². The van der Waals surface area contributed by atoms with Gasteiger partial charge in [0.05, 0.1) is 0 Å². The molecule has 6 heteroatoms. The number of benzene rings is 1. The van der Waals surface area contributed by atoms with Gasteiger partial charge in [0.1, 0.15) is 10.2 Å². The van der Waals surface area contributed by atoms with Crippen molar-refractivity contribution in [1.82, 2.24) is 15.6 Å². The third-order valence-corrected chi connectivity index (χ3v) is 5.90. The first kappa shape index (κ1) is 19.3. The number of aromatic nitrogens is 1. The van der Waals surface area contributed by atoms with E-state index in [9.17, 15) is 4.79 Å². The Labute approximate surface area is 164 Å². The number of thiazole rings is 1. The molecule has 2 N–H and O–H groups in total. The van der Waals surface area contributed by atoms with Crippen molar-refractivity contribution in [3.8, 4) is 10.6 Å². The van der Waals surface area contributed by atoms with Gasteiger partial charge in [0.15, 0.2) is 0 Å². The number of hydrogen-bond donors (Lipinski definition) is 2. The zero-order chi connectivity index (χ0) is 18.9. The maximum absolute atomic E-state index is 12.8. The third-order valence-electron chi connectivity index (χ3n) is 4.70. The van der Waals surface area contributed by atoms with Crippen LogP contribution in [0.2, 0.25) is 5.15 Å². The van der Waals surface area contributed by atoms with Crippen LogP contribution in [0.25, 0.3) is 10.6 Å². The fraction of sp³-hybridized carbons (Fsp3) is 0.500. The van der Waals surface area contributed by atoms with Crippen LogP contribution in [0.1, 0.15) is 50.9 Å². The van der Waals surface area contributed by atoms with E-state index in [1.165, 1.54) is 11.3 Å². The highest BCUT2D eigenvalue weighted by atomic mass is 35.5. The van der Waals surface area contributed by atoms with Crippen LogP contribution in [0.3, 0.4) is 0 Å². The van der Waals surface area contributed by atoms with Gasteiger partial charge in [-0.3, -0.25) is 4.79 Å². The summed E-state index contributed by atoms with van der Waals surface area (Å²) >= 11 is 7.40. The fourth-order valence-electron chi connectivity index (χ4n) is 4.26. The molecular formula is C20H26ClN3OS. The quantitative estimate of drug-likeness (QED) is 0.790. The molecule has 140 valence electrons. The Balaban J connectivity index is 1.71. The maximum Gasteiger partial charge on any atom is 0.252 e. The molecule has 0 radical (unpaired) electrons. The monoisotopic (exact) mass is 391 g/mol. The number of piperidine rings is 1. The first-order chi connectivity index (χ1) is 12.2. The van der Waals surface area contributed by atoms with Crippen molar-refractivity contribution in [3.05, 3.63) is 40.4 Å². The molecular weight excluding hydrogens is 366 g/mol. The molecule has 1 aliphatic rings. The van der Waals surface area contributed by atoms with Crippen LogP contribution >= 0.6 is 22.9 Å². The minimum Gasteiger partial charge on any atom is -0.352 e. The second-order valence-electron chi connectivity index (χ2n) is 8.40. The predicted octanol–water partition coefficient (Wildman–Crippen LogP) is 4.75. The molecule has 0 bridgehead atoms. The summed E-state index contributed by atoms with van der Waals surface area (Å²) in [5.74, 6) is 0.396. The van der Waals surface area contributed by atoms with Crippen molar-refractivity contribution in [3.63, 3.8) is 0 Å². The van der Waals surface area contributed by atoms with Gasteiger partial charge in [-0.2, -0.15) is 0 Å². The summed E-state index contributed by atoms with van der Waals surface area (Å²) in [5, 5.41) is 9.83. The van der Waals surface area contributed by atoms with Gasteiger partial charge in [-0.05, 0) is 52.5 Å². The summed E-state index contributed by atoms with van der Waals surface area (Å²) < 4.78 is 0. The van der Waals surface area contributed by atoms with Gasteiger partial charge in [0, 0.05) is 34.1 Å². The molecule has 0 atom stereocenters. The van der Waals surface area contributed by atoms with Crippen molar-refractivity contribution < 1.29 is 4.79 Å². The van der Waals surface area contributed by atoms with Crippen LogP contribution in [0, 0.1) is 5.92 Å². The van der Waals surface area contributed by atoms with Crippen LogP contribution in [-0.4, -0.2) is 28.5 Å². The van der Waals surface area contributed by atoms with Gasteiger partial charge in [-0.15, -0.1) is 11.3 Å². The average Bonchev–Trinajstić information content (AvgIpc) is 2.96. The molecule has 3 rings (SSSR count). The van der Waals surface area contributed by atoms with E-state index in [0.717, 1.165) is 23.4 Å². The Morgan fingerprint density at radius 3 is 2.54 bits per heavy atom. The lowest BCUT2D eigenvalue weighted by atomic mass is 9.76. The summed E-state index contributed by atoms with van der Waals surface area (Å²) in [4.78, 5) is 17.1. The minimum absolute atomic E-state index is 0.0546. The molecule has 2 heterocycles. The number of rotatable bonds is 4. The molecule has 0 aliphatic carbocycles. The molecule has 4 nitrogen and oxygen atoms in total. The van der Waals surface area contributed by atoms with E-state index in [1.54, 1.807) is 5.38 Å². The molecule has 0 saturated carbocycles. The van der Waals surface area contributed by atoms with Crippen LogP contribution in [0.4, 0.5) is 0 Å². The van der Waals surface area contributed by atoms with E-state index < -0.39 is 0 Å². The first-order valence-electron chi connectivity index (χ1n) is 8.93. The Morgan fingerprint density at radius 2 is 1.92 bits per heavy atom. The lowest BCUT2D eigenvalue weighted by molar-refractivity contribution is 0.0906. The average molecular weight is 392 g/mol. The molecule has 1 fully saturated rings. The maximum atomic E-state index is 12.8. The molecule has 1 saturated heterocycles. The highest BCUT2D eigenvalue weighted by Crippen LogP contribution is 2.33. The van der Waals surface area contributed by atoms with Crippen molar-refractivity contribution in [2.45, 2.75) is 51.6 Å². The van der Waals surface area contributed by atoms with Gasteiger partial charge in [0.25, 0.3) is 5.91 Å². The highest BCUT2D eigenvalue weighted by Gasteiger charge is 2.37. The summed E-state index contributed by atoms with van der Waals surface area (Å²) in [6, 6.07) is 7.56. The summed E-state index contributed by atoms with van der Waals surface area (Å²) in [6.07, 6.45) is 2.08. The lowest BCUT2D eigenvalue weighted by Crippen LogP contribution is -2.59. The Bertz CT molecular complexity index is 784. The summed E-state index contributed by atoms with van der Waals surface area (Å²) in [7, 11) is 0. The lowest BCUT2D eigenvalue weighted by Gasteiger charge is -2.46. The zero-order valence-electron chi connectivity index (χ0n) is 15.7. The Morgan fingerprint density at radius 1 is 1.27 bits per heavy atom. The van der Waals surface area contributed by atoms with Crippen molar-refractivity contribution in [2.75, 3.05) is 6.54 Å². The fourth-order valence-corrected chi connectivity index (χ4v) is 5.24. The van der Waals surface area contributed by atoms with Gasteiger partial charge in [-0.25, -0.2) is 4.98 Å². The van der Waals surface area contributed by atoms with E-state index in [2.05, 4.69) is 43.3 Å². The number of nitrogens with zero attached hydrogens (tertiary/aromatic N) is 1. The SMILES string of the molecule is CC1(C)CC(CNC(=O)c2ccccc2-c2nc(Cl)cs2)CC(C)(C)N1. The molecule has 26 heavy (non-hydrogen) atoms. The van der Waals surface area contributed by atoms with Crippen molar-refractivity contribution in [2.24, 2.45) is 5.92 Å². The number of amides is 1. The van der Waals surface area contributed by atoms with E-state index in [0.29, 0.717) is 23.2 Å². The standard InChI is InChI=1S/C20H26ClN3OS/c1-19(2)9-13(10-20(3,4)24-19)11-22-17(25)14-7-5-6-8-15(14)18-23-16(21)12-26-18/h5-8,12-13,24H,9-11H2,1-4H3,(H,22,25). The summed E-state index contributed by atoms with van der Waals surface area (Å²) in [6.45, 7) is 9.59. The largest absolute Gasteiger partial charge is 0.352 e. The van der Waals surface area contributed by atoms with Crippen LogP contribution in [0.15, 0.2) is 29.6 Å². The second-order valence-corrected chi connectivity index (χ2v) is 9.64. The minimum atomic E-state index is -0.0546. The van der Waals surface area contributed by atoms with E-state index >= 15 is 0 Å². The number of nitrogens with one attached hydrogen (secondary N) is 2. The molecule has 1 aromatic carbocycles. The van der Waals surface area contributed by atoms with E-state index in [4.69, 9.17) is 11.6 Å². The molecule has 2 aromatic rings. The molecule has 1 amide bonds. The number of carbonyl (C=O) groups excluding carboxylic acids is 1. The zero-order valence-corrected chi connectivity index (χ0v) is 17.3. The van der Waals surface area contributed by atoms with Gasteiger partial charge >= 0.3 is 0 Å². The van der Waals surface area contributed by atoms with Crippen LogP contribution in [-0.2, 0) is 0 Å². The van der Waals surface area contributed by atoms with Crippen LogP contribution in [0.5, 0.6) is 0 Å². The summed E-state index contributed by atoms with van der Waals surface area (Å²) in [5.41, 5.74) is 1.62. The smallest absolute Gasteiger partial charge is 0.252 e. The molecule has 0 unspecified atom stereocenters. The number of carbonyl (C=O) groups is 1. The normalized spacial score (nSPS) is 19.3. The highest BCUT2D eigenvalue weighted by molar-refractivity contribution is 7.13. The van der Waals surface area contributed by atoms with Crippen molar-refractivity contribution in [1.29, 1.82) is 0 Å². The van der Waals surface area contributed by atoms with Crippen molar-refractivity contribution >= 4 is 28.8 Å². The van der Waals surface area contributed by atoms with Gasteiger partial charge < -0.3 is 10.6 Å². The van der Waals surface area contributed by atoms with Gasteiger partial charge in [0.2, 0.25) is 0 Å². The first-order valence-corrected chi connectivity index (χ1v) is 10.2. The topological polar surface area (TPSA) is 54.0 Å². The number of hydrogen-bond acceptors (Lipinski definition) is 4. The molecule has 1 aromatic heterocycles. The van der Waals surface area contributed by atoms with Gasteiger partial charge in [-0.1, -0.05) is 29.8 Å². The third kappa shape index (κ3) is 4.64. The second kappa shape index (κ2) is 7.29. The van der Waals surface area contributed by atoms with E-state index in [-0.39, 0.29) is 17.0 Å². The predicted molar refractivity (Wildman–Crippen MR) is 109 cm³/mol. The number of halogens is 1. The molecule has 0 spiro atoms. The Hall–Kier alpha value is -1.43. The molecule has 1 aliphatic heterocycles. The Kier molecular flexibility index (Phi) is 5.42. The van der Waals surface area contributed by atoms with E-state index in [1.807, 2.05) is 24.3 Å².